The van der Waals surface area contributed by atoms with Gasteiger partial charge in [0.05, 0.1) is 42.4 Å². The highest BCUT2D eigenvalue weighted by atomic mass is 19.2. The van der Waals surface area contributed by atoms with Crippen LogP contribution in [-0.2, 0) is 4.74 Å². The summed E-state index contributed by atoms with van der Waals surface area (Å²) in [4.78, 5) is 8.02. The average molecular weight is 477 g/mol. The van der Waals surface area contributed by atoms with Crippen molar-refractivity contribution in [2.45, 2.75) is 18.8 Å². The summed E-state index contributed by atoms with van der Waals surface area (Å²) in [5, 5.41) is 10.5. The van der Waals surface area contributed by atoms with Gasteiger partial charge in [0.2, 0.25) is 5.82 Å². The lowest BCUT2D eigenvalue weighted by molar-refractivity contribution is 0.0659. The molecule has 0 amide bonds. The molecule has 1 N–H and O–H groups in total. The van der Waals surface area contributed by atoms with Crippen LogP contribution in [0.1, 0.15) is 24.5 Å². The molecule has 180 valence electrons. The number of nitrogens with zero attached hydrogens (tertiary/aromatic N) is 4. The van der Waals surface area contributed by atoms with E-state index in [0.717, 1.165) is 95.3 Å². The Morgan fingerprint density at radius 3 is 2.46 bits per heavy atom. The number of quaternary nitrogens is 1. The quantitative estimate of drug-likeness (QED) is 0.440. The molecule has 4 saturated heterocycles. The van der Waals surface area contributed by atoms with Crippen LogP contribution in [0.4, 0.5) is 14.6 Å². The fourth-order valence-electron chi connectivity index (χ4n) is 6.32. The van der Waals surface area contributed by atoms with E-state index >= 15 is 0 Å². The molecule has 6 nitrogen and oxygen atoms in total. The van der Waals surface area contributed by atoms with Crippen LogP contribution >= 0.6 is 0 Å². The molecule has 2 aromatic heterocycles. The topological polar surface area (TPSA) is 54.0 Å². The monoisotopic (exact) mass is 476 g/mol. The van der Waals surface area contributed by atoms with E-state index in [9.17, 15) is 8.78 Å². The molecule has 2 bridgehead atoms. The van der Waals surface area contributed by atoms with Gasteiger partial charge < -0.3 is 4.74 Å². The van der Waals surface area contributed by atoms with E-state index in [-0.39, 0.29) is 5.92 Å². The number of halogens is 2. The van der Waals surface area contributed by atoms with Crippen molar-refractivity contribution in [3.63, 3.8) is 0 Å². The summed E-state index contributed by atoms with van der Waals surface area (Å²) < 4.78 is 35.0. The van der Waals surface area contributed by atoms with Gasteiger partial charge in [0.25, 0.3) is 0 Å². The van der Waals surface area contributed by atoms with E-state index in [1.807, 2.05) is 6.20 Å². The number of H-pyrrole nitrogens is 1. The second-order valence-corrected chi connectivity index (χ2v) is 10.2. The first-order valence-corrected chi connectivity index (χ1v) is 12.5. The Bertz CT molecular complexity index is 1420. The van der Waals surface area contributed by atoms with Crippen LogP contribution in [0.3, 0.4) is 0 Å². The van der Waals surface area contributed by atoms with E-state index in [1.165, 1.54) is 12.1 Å². The number of fused-ring (bicyclic) bond motifs is 5. The van der Waals surface area contributed by atoms with Crippen LogP contribution in [-0.4, -0.2) is 72.6 Å². The predicted molar refractivity (Wildman–Crippen MR) is 132 cm³/mol. The van der Waals surface area contributed by atoms with Crippen LogP contribution in [0.2, 0.25) is 0 Å². The first-order valence-electron chi connectivity index (χ1n) is 12.5. The van der Waals surface area contributed by atoms with Gasteiger partial charge in [-0.05, 0) is 48.1 Å². The van der Waals surface area contributed by atoms with Crippen LogP contribution < -0.4 is 4.48 Å². The van der Waals surface area contributed by atoms with Gasteiger partial charge in [-0.2, -0.15) is 10.1 Å². The van der Waals surface area contributed by atoms with Gasteiger partial charge in [-0.1, -0.05) is 6.07 Å². The van der Waals surface area contributed by atoms with Crippen molar-refractivity contribution >= 4 is 27.5 Å². The Kier molecular flexibility index (Phi) is 4.91. The molecule has 0 aliphatic carbocycles. The fourth-order valence-corrected chi connectivity index (χ4v) is 6.32. The van der Waals surface area contributed by atoms with Gasteiger partial charge >= 0.3 is 0 Å². The molecule has 4 aromatic rings. The van der Waals surface area contributed by atoms with Crippen molar-refractivity contribution in [3.05, 3.63) is 53.9 Å². The van der Waals surface area contributed by atoms with Gasteiger partial charge in [-0.15, -0.1) is 0 Å². The molecule has 35 heavy (non-hydrogen) atoms. The Balaban J connectivity index is 1.57. The summed E-state index contributed by atoms with van der Waals surface area (Å²) >= 11 is 0. The molecule has 0 saturated carbocycles. The first-order chi connectivity index (χ1) is 17.1. The Morgan fingerprint density at radius 2 is 1.71 bits per heavy atom. The lowest BCUT2D eigenvalue weighted by Gasteiger charge is -2.49. The summed E-state index contributed by atoms with van der Waals surface area (Å²) in [6, 6.07) is 8.53. The Labute approximate surface area is 202 Å². The van der Waals surface area contributed by atoms with E-state index in [4.69, 9.17) is 9.72 Å². The molecule has 4 aliphatic rings. The summed E-state index contributed by atoms with van der Waals surface area (Å²) in [7, 11) is 0. The zero-order valence-electron chi connectivity index (χ0n) is 19.6. The highest BCUT2D eigenvalue weighted by Crippen LogP contribution is 2.45. The van der Waals surface area contributed by atoms with Crippen molar-refractivity contribution < 1.29 is 13.5 Å². The minimum atomic E-state index is -0.837. The normalized spacial score (nSPS) is 25.0. The number of aromatic amines is 1. The smallest absolute Gasteiger partial charge is 0.236 e. The number of ether oxygens (including phenoxy) is 1. The van der Waals surface area contributed by atoms with Crippen LogP contribution in [0.15, 0.2) is 36.5 Å². The summed E-state index contributed by atoms with van der Waals surface area (Å²) in [5.74, 6) is -0.351. The highest BCUT2D eigenvalue weighted by molar-refractivity contribution is 6.08. The molecule has 4 fully saturated rings. The Hall–Kier alpha value is -2.94. The predicted octanol–water partition coefficient (Wildman–Crippen LogP) is 4.59. The molecule has 8 rings (SSSR count). The SMILES string of the molecule is Fc1ccc(-c2c(C3CCOCC3)nc([N+]34CCN(CC3)CC4)c3cc4[nH]ncc4cc23)cc1F. The maximum absolute atomic E-state index is 14.5. The van der Waals surface area contributed by atoms with Crippen LogP contribution in [0, 0.1) is 11.6 Å². The lowest BCUT2D eigenvalue weighted by Crippen LogP contribution is -2.68. The second-order valence-electron chi connectivity index (χ2n) is 10.2. The third-order valence-corrected chi connectivity index (χ3v) is 8.37. The largest absolute Gasteiger partial charge is 0.381 e. The molecule has 2 aromatic carbocycles. The van der Waals surface area contributed by atoms with Crippen molar-refractivity contribution in [2.24, 2.45) is 0 Å². The average Bonchev–Trinajstić information content (AvgIpc) is 3.37. The summed E-state index contributed by atoms with van der Waals surface area (Å²) in [6.07, 6.45) is 3.57. The molecule has 0 spiro atoms. The molecule has 8 heteroatoms. The molecular formula is C27H28F2N5O+. The van der Waals surface area contributed by atoms with Crippen LogP contribution in [0.25, 0.3) is 32.8 Å². The third-order valence-electron chi connectivity index (χ3n) is 8.37. The first kappa shape index (κ1) is 21.4. The number of hydrogen-bond donors (Lipinski definition) is 1. The third kappa shape index (κ3) is 3.38. The highest BCUT2D eigenvalue weighted by Gasteiger charge is 2.43. The molecule has 0 atom stereocenters. The van der Waals surface area contributed by atoms with Gasteiger partial charge in [0.15, 0.2) is 11.6 Å². The van der Waals surface area contributed by atoms with E-state index in [1.54, 1.807) is 6.07 Å². The number of piperazine rings is 3. The maximum Gasteiger partial charge on any atom is 0.236 e. The van der Waals surface area contributed by atoms with Gasteiger partial charge in [-0.3, -0.25) is 14.5 Å². The van der Waals surface area contributed by atoms with E-state index in [2.05, 4.69) is 27.2 Å². The van der Waals surface area contributed by atoms with E-state index < -0.39 is 11.6 Å². The number of pyridine rings is 1. The molecule has 0 unspecified atom stereocenters. The van der Waals surface area contributed by atoms with Crippen LogP contribution in [0.5, 0.6) is 0 Å². The zero-order chi connectivity index (χ0) is 23.6. The fraction of sp³-hybridized carbons (Fsp3) is 0.407. The van der Waals surface area contributed by atoms with E-state index in [0.29, 0.717) is 18.8 Å². The molecule has 0 radical (unpaired) electrons. The Morgan fingerprint density at radius 1 is 0.943 bits per heavy atom. The van der Waals surface area contributed by atoms with Crippen molar-refractivity contribution in [3.8, 4) is 11.1 Å². The van der Waals surface area contributed by atoms with Gasteiger partial charge in [-0.25, -0.2) is 8.78 Å². The molecule has 6 heterocycles. The summed E-state index contributed by atoms with van der Waals surface area (Å²) in [5.41, 5.74) is 3.53. The number of benzene rings is 2. The minimum absolute atomic E-state index is 0.208. The summed E-state index contributed by atoms with van der Waals surface area (Å²) in [6.45, 7) is 7.73. The number of nitrogens with one attached hydrogen (secondary N) is 1. The van der Waals surface area contributed by atoms with Crippen molar-refractivity contribution in [1.29, 1.82) is 0 Å². The second kappa shape index (κ2) is 8.05. The minimum Gasteiger partial charge on any atom is -0.381 e. The lowest BCUT2D eigenvalue weighted by atomic mass is 9.86. The number of aromatic nitrogens is 3. The van der Waals surface area contributed by atoms with Crippen molar-refractivity contribution in [1.82, 2.24) is 24.6 Å². The molecule has 4 aliphatic heterocycles. The maximum atomic E-state index is 14.5. The van der Waals surface area contributed by atoms with Gasteiger partial charge in [0.1, 0.15) is 0 Å². The van der Waals surface area contributed by atoms with Gasteiger partial charge in [0, 0.05) is 49.7 Å². The number of hydrogen-bond acceptors (Lipinski definition) is 4. The van der Waals surface area contributed by atoms with Crippen molar-refractivity contribution in [2.75, 3.05) is 52.5 Å². The number of rotatable bonds is 3. The zero-order valence-corrected chi connectivity index (χ0v) is 19.6. The standard InChI is InChI=1S/C27H28F2N5O/c28-22-2-1-18(14-23(22)29)25-20-13-19-16-30-32-24(19)15-21(20)27(31-26(25)17-3-11-35-12-4-17)34-8-5-33(6-9-34)7-10-34/h1-2,13-17H,3-12H2,(H,30,32)/q+1. The molecular weight excluding hydrogens is 448 g/mol.